The Balaban J connectivity index is 1.66. The summed E-state index contributed by atoms with van der Waals surface area (Å²) in [5.41, 5.74) is 0. The fourth-order valence-electron chi connectivity index (χ4n) is 2.38. The van der Waals surface area contributed by atoms with Gasteiger partial charge in [-0.05, 0) is 25.0 Å². The van der Waals surface area contributed by atoms with Gasteiger partial charge in [-0.15, -0.1) is 0 Å². The van der Waals surface area contributed by atoms with Crippen molar-refractivity contribution < 1.29 is 22.3 Å². The van der Waals surface area contributed by atoms with Crippen molar-refractivity contribution >= 4 is 15.9 Å². The Morgan fingerprint density at radius 2 is 2.17 bits per heavy atom. The highest BCUT2D eigenvalue weighted by molar-refractivity contribution is 7.91. The number of rotatable bonds is 6. The lowest BCUT2D eigenvalue weighted by Crippen LogP contribution is -2.44. The van der Waals surface area contributed by atoms with Crippen LogP contribution in [0, 0.1) is 5.82 Å². The lowest BCUT2D eigenvalue weighted by Gasteiger charge is -2.23. The largest absolute Gasteiger partial charge is 0.490 e. The molecular formula is C15H21FN2O4S. The van der Waals surface area contributed by atoms with E-state index in [0.717, 1.165) is 0 Å². The molecule has 2 rings (SSSR count). The topological polar surface area (TPSA) is 75.7 Å². The number of halogens is 1. The number of nitrogens with zero attached hydrogens (tertiary/aromatic N) is 1. The second-order valence-electron chi connectivity index (χ2n) is 5.53. The molecule has 0 bridgehead atoms. The van der Waals surface area contributed by atoms with E-state index in [-0.39, 0.29) is 35.9 Å². The maximum absolute atomic E-state index is 13.3. The third-order valence-corrected chi connectivity index (χ3v) is 5.52. The van der Waals surface area contributed by atoms with Gasteiger partial charge in [0, 0.05) is 19.6 Å². The monoisotopic (exact) mass is 344 g/mol. The molecule has 0 aliphatic carbocycles. The number of carbonyl (C=O) groups is 1. The maximum Gasteiger partial charge on any atom is 0.317 e. The molecule has 0 aromatic heterocycles. The number of hydrogen-bond donors (Lipinski definition) is 1. The summed E-state index contributed by atoms with van der Waals surface area (Å²) in [6.45, 7) is 0.653. The Kier molecular flexibility index (Phi) is 5.81. The predicted molar refractivity (Wildman–Crippen MR) is 84.7 cm³/mol. The number of nitrogens with one attached hydrogen (secondary N) is 1. The minimum atomic E-state index is -3.02. The highest BCUT2D eigenvalue weighted by Crippen LogP contribution is 2.17. The Hall–Kier alpha value is -1.83. The van der Waals surface area contributed by atoms with Crippen molar-refractivity contribution in [2.45, 2.75) is 18.9 Å². The van der Waals surface area contributed by atoms with E-state index < -0.39 is 15.7 Å². The molecule has 1 fully saturated rings. The van der Waals surface area contributed by atoms with Crippen molar-refractivity contribution in [2.75, 3.05) is 31.7 Å². The van der Waals surface area contributed by atoms with Crippen LogP contribution in [-0.2, 0) is 9.84 Å². The molecule has 1 aromatic rings. The number of ether oxygens (including phenoxy) is 1. The summed E-state index contributed by atoms with van der Waals surface area (Å²) in [5.74, 6) is -0.0789. The molecule has 8 heteroatoms. The van der Waals surface area contributed by atoms with Crippen LogP contribution in [0.2, 0.25) is 0 Å². The molecule has 1 heterocycles. The molecule has 2 amide bonds. The molecule has 1 unspecified atom stereocenters. The van der Waals surface area contributed by atoms with Crippen molar-refractivity contribution in [3.63, 3.8) is 0 Å². The third-order valence-electron chi connectivity index (χ3n) is 3.77. The maximum atomic E-state index is 13.3. The predicted octanol–water partition coefficient (Wildman–Crippen LogP) is 1.42. The van der Waals surface area contributed by atoms with E-state index in [2.05, 4.69) is 5.32 Å². The average Bonchev–Trinajstić information content (AvgIpc) is 2.87. The second-order valence-corrected chi connectivity index (χ2v) is 7.76. The van der Waals surface area contributed by atoms with E-state index in [4.69, 9.17) is 4.74 Å². The van der Waals surface area contributed by atoms with Gasteiger partial charge in [0.15, 0.2) is 21.4 Å². The molecule has 1 saturated heterocycles. The van der Waals surface area contributed by atoms with Gasteiger partial charge in [-0.25, -0.2) is 17.6 Å². The van der Waals surface area contributed by atoms with Gasteiger partial charge in [-0.1, -0.05) is 12.1 Å². The Morgan fingerprint density at radius 3 is 2.83 bits per heavy atom. The summed E-state index contributed by atoms with van der Waals surface area (Å²) >= 11 is 0. The van der Waals surface area contributed by atoms with Crippen molar-refractivity contribution in [3.05, 3.63) is 30.1 Å². The van der Waals surface area contributed by atoms with Gasteiger partial charge in [0.05, 0.1) is 18.1 Å². The molecule has 0 radical (unpaired) electrons. The van der Waals surface area contributed by atoms with E-state index in [1.165, 1.54) is 11.0 Å². The highest BCUT2D eigenvalue weighted by Gasteiger charge is 2.32. The summed E-state index contributed by atoms with van der Waals surface area (Å²) in [4.78, 5) is 13.4. The Labute approximate surface area is 135 Å². The molecule has 1 aromatic carbocycles. The Bertz CT molecular complexity index is 651. The highest BCUT2D eigenvalue weighted by atomic mass is 32.2. The number of urea groups is 1. The van der Waals surface area contributed by atoms with E-state index in [1.54, 1.807) is 25.2 Å². The molecule has 23 heavy (non-hydrogen) atoms. The number of amides is 2. The molecule has 1 atom stereocenters. The lowest BCUT2D eigenvalue weighted by atomic mass is 10.2. The molecular weight excluding hydrogens is 323 g/mol. The molecule has 128 valence electrons. The van der Waals surface area contributed by atoms with Crippen LogP contribution in [0.4, 0.5) is 9.18 Å². The summed E-state index contributed by atoms with van der Waals surface area (Å²) in [7, 11) is -1.42. The van der Waals surface area contributed by atoms with Crippen LogP contribution in [0.3, 0.4) is 0 Å². The minimum Gasteiger partial charge on any atom is -0.490 e. The van der Waals surface area contributed by atoms with Crippen LogP contribution >= 0.6 is 0 Å². The van der Waals surface area contributed by atoms with Gasteiger partial charge in [-0.3, -0.25) is 0 Å². The van der Waals surface area contributed by atoms with E-state index >= 15 is 0 Å². The smallest absolute Gasteiger partial charge is 0.317 e. The first-order valence-electron chi connectivity index (χ1n) is 7.47. The SMILES string of the molecule is CN(C(=O)NCCCOc1ccccc1F)C1CCS(=O)(=O)C1. The zero-order valence-electron chi connectivity index (χ0n) is 13.0. The molecule has 0 spiro atoms. The standard InChI is InChI=1S/C15H21FN2O4S/c1-18(12-7-10-23(20,21)11-12)15(19)17-8-4-9-22-14-6-3-2-5-13(14)16/h2-3,5-6,12H,4,7-11H2,1H3,(H,17,19). The normalized spacial score (nSPS) is 19.3. The Morgan fingerprint density at radius 1 is 1.43 bits per heavy atom. The second kappa shape index (κ2) is 7.63. The molecule has 1 N–H and O–H groups in total. The molecule has 1 aliphatic rings. The first-order valence-corrected chi connectivity index (χ1v) is 9.29. The van der Waals surface area contributed by atoms with Gasteiger partial charge in [0.25, 0.3) is 0 Å². The first kappa shape index (κ1) is 17.5. The van der Waals surface area contributed by atoms with Gasteiger partial charge in [0.2, 0.25) is 0 Å². The van der Waals surface area contributed by atoms with Gasteiger partial charge in [-0.2, -0.15) is 0 Å². The van der Waals surface area contributed by atoms with Crippen LogP contribution in [-0.4, -0.2) is 57.1 Å². The van der Waals surface area contributed by atoms with Gasteiger partial charge < -0.3 is 15.0 Å². The third kappa shape index (κ3) is 5.09. The van der Waals surface area contributed by atoms with Gasteiger partial charge >= 0.3 is 6.03 Å². The van der Waals surface area contributed by atoms with Crippen LogP contribution in [0.5, 0.6) is 5.75 Å². The fourth-order valence-corrected chi connectivity index (χ4v) is 4.16. The molecule has 1 aliphatic heterocycles. The first-order chi connectivity index (χ1) is 10.9. The van der Waals surface area contributed by atoms with Crippen LogP contribution < -0.4 is 10.1 Å². The van der Waals surface area contributed by atoms with Crippen molar-refractivity contribution in [2.24, 2.45) is 0 Å². The van der Waals surface area contributed by atoms with Crippen molar-refractivity contribution in [1.29, 1.82) is 0 Å². The van der Waals surface area contributed by atoms with E-state index in [0.29, 0.717) is 19.4 Å². The van der Waals surface area contributed by atoms with E-state index in [1.807, 2.05) is 0 Å². The van der Waals surface area contributed by atoms with Crippen LogP contribution in [0.15, 0.2) is 24.3 Å². The summed E-state index contributed by atoms with van der Waals surface area (Å²) in [6, 6.07) is 5.56. The molecule has 6 nitrogen and oxygen atoms in total. The zero-order chi connectivity index (χ0) is 16.9. The van der Waals surface area contributed by atoms with E-state index in [9.17, 15) is 17.6 Å². The number of carbonyl (C=O) groups excluding carboxylic acids is 1. The minimum absolute atomic E-state index is 0.0211. The summed E-state index contributed by atoms with van der Waals surface area (Å²) in [5, 5.41) is 2.71. The number of hydrogen-bond acceptors (Lipinski definition) is 4. The lowest BCUT2D eigenvalue weighted by molar-refractivity contribution is 0.194. The summed E-state index contributed by atoms with van der Waals surface area (Å²) in [6.07, 6.45) is 1.000. The van der Waals surface area contributed by atoms with Crippen molar-refractivity contribution in [1.82, 2.24) is 10.2 Å². The number of para-hydroxylation sites is 1. The van der Waals surface area contributed by atoms with Crippen LogP contribution in [0.25, 0.3) is 0 Å². The number of benzene rings is 1. The fraction of sp³-hybridized carbons (Fsp3) is 0.533. The summed E-state index contributed by atoms with van der Waals surface area (Å²) < 4.78 is 41.5. The zero-order valence-corrected chi connectivity index (χ0v) is 13.8. The molecule has 0 saturated carbocycles. The van der Waals surface area contributed by atoms with Crippen molar-refractivity contribution in [3.8, 4) is 5.75 Å². The van der Waals surface area contributed by atoms with Crippen LogP contribution in [0.1, 0.15) is 12.8 Å². The quantitative estimate of drug-likeness (QED) is 0.792. The average molecular weight is 344 g/mol. The number of sulfone groups is 1. The van der Waals surface area contributed by atoms with Gasteiger partial charge in [0.1, 0.15) is 0 Å².